The SMILES string of the molecule is CCc1c(C)cc(=O)n(-c2cc(OC)ccc2OC)c1O. The Kier molecular flexibility index (Phi) is 4.21. The van der Waals surface area contributed by atoms with E-state index in [9.17, 15) is 9.90 Å². The van der Waals surface area contributed by atoms with Crippen LogP contribution in [0, 0.1) is 6.92 Å². The number of hydrogen-bond acceptors (Lipinski definition) is 4. The van der Waals surface area contributed by atoms with Gasteiger partial charge in [0.15, 0.2) is 0 Å². The summed E-state index contributed by atoms with van der Waals surface area (Å²) >= 11 is 0. The zero-order valence-corrected chi connectivity index (χ0v) is 12.6. The minimum absolute atomic E-state index is 0.0611. The molecule has 2 rings (SSSR count). The van der Waals surface area contributed by atoms with Gasteiger partial charge in [-0.2, -0.15) is 0 Å². The van der Waals surface area contributed by atoms with Crippen molar-refractivity contribution in [3.05, 3.63) is 45.7 Å². The summed E-state index contributed by atoms with van der Waals surface area (Å²) in [5.74, 6) is 1.00. The first-order chi connectivity index (χ1) is 10.0. The highest BCUT2D eigenvalue weighted by Gasteiger charge is 2.16. The molecule has 0 saturated heterocycles. The number of methoxy groups -OCH3 is 2. The van der Waals surface area contributed by atoms with Crippen LogP contribution in [0.25, 0.3) is 5.69 Å². The van der Waals surface area contributed by atoms with E-state index in [1.54, 1.807) is 25.3 Å². The van der Waals surface area contributed by atoms with Gasteiger partial charge in [0.1, 0.15) is 11.5 Å². The smallest absolute Gasteiger partial charge is 0.258 e. The predicted molar refractivity (Wildman–Crippen MR) is 80.9 cm³/mol. The standard InChI is InChI=1S/C16H19NO4/c1-5-12-10(2)8-15(18)17(16(12)19)13-9-11(20-3)6-7-14(13)21-4/h6-9,19H,5H2,1-4H3. The average molecular weight is 289 g/mol. The molecule has 0 bridgehead atoms. The highest BCUT2D eigenvalue weighted by molar-refractivity contribution is 5.54. The number of benzene rings is 1. The molecule has 0 amide bonds. The first-order valence-electron chi connectivity index (χ1n) is 6.70. The van der Waals surface area contributed by atoms with Gasteiger partial charge in [-0.3, -0.25) is 4.79 Å². The molecule has 0 saturated carbocycles. The first-order valence-corrected chi connectivity index (χ1v) is 6.70. The van der Waals surface area contributed by atoms with Gasteiger partial charge < -0.3 is 14.6 Å². The molecule has 0 aliphatic heterocycles. The summed E-state index contributed by atoms with van der Waals surface area (Å²) in [5, 5.41) is 10.5. The molecular formula is C16H19NO4. The quantitative estimate of drug-likeness (QED) is 0.939. The molecule has 0 aliphatic rings. The van der Waals surface area contributed by atoms with E-state index in [0.29, 0.717) is 23.6 Å². The van der Waals surface area contributed by atoms with Gasteiger partial charge in [0.25, 0.3) is 5.56 Å². The number of hydrogen-bond donors (Lipinski definition) is 1. The van der Waals surface area contributed by atoms with E-state index in [1.807, 2.05) is 13.8 Å². The maximum atomic E-state index is 12.3. The number of aromatic hydroxyl groups is 1. The number of ether oxygens (including phenoxy) is 2. The van der Waals surface area contributed by atoms with E-state index < -0.39 is 0 Å². The van der Waals surface area contributed by atoms with Crippen molar-refractivity contribution < 1.29 is 14.6 Å². The van der Waals surface area contributed by atoms with Gasteiger partial charge in [-0.1, -0.05) is 6.92 Å². The molecule has 0 unspecified atom stereocenters. The van der Waals surface area contributed by atoms with Crippen molar-refractivity contribution in [3.8, 4) is 23.1 Å². The Morgan fingerprint density at radius 2 is 1.90 bits per heavy atom. The summed E-state index contributed by atoms with van der Waals surface area (Å²) in [6.07, 6.45) is 0.629. The number of nitrogens with zero attached hydrogens (tertiary/aromatic N) is 1. The molecule has 1 heterocycles. The summed E-state index contributed by atoms with van der Waals surface area (Å²) in [5.41, 5.74) is 1.65. The predicted octanol–water partition coefficient (Wildman–Crippen LogP) is 2.43. The Bertz CT molecular complexity index is 719. The molecule has 1 aromatic carbocycles. The second-order valence-electron chi connectivity index (χ2n) is 4.69. The van der Waals surface area contributed by atoms with Crippen LogP contribution in [0.15, 0.2) is 29.1 Å². The van der Waals surface area contributed by atoms with E-state index in [0.717, 1.165) is 11.1 Å². The van der Waals surface area contributed by atoms with Crippen molar-refractivity contribution >= 4 is 0 Å². The summed E-state index contributed by atoms with van der Waals surface area (Å²) in [6, 6.07) is 6.61. The molecule has 0 aliphatic carbocycles. The number of aromatic nitrogens is 1. The Balaban J connectivity index is 2.81. The highest BCUT2D eigenvalue weighted by Crippen LogP contribution is 2.31. The molecule has 2 aromatic rings. The summed E-state index contributed by atoms with van der Waals surface area (Å²) in [4.78, 5) is 12.3. The topological polar surface area (TPSA) is 60.7 Å². The third-order valence-corrected chi connectivity index (χ3v) is 3.50. The minimum atomic E-state index is -0.311. The molecule has 1 aromatic heterocycles. The van der Waals surface area contributed by atoms with Gasteiger partial charge in [0, 0.05) is 17.7 Å². The second kappa shape index (κ2) is 5.91. The Hall–Kier alpha value is -2.43. The normalized spacial score (nSPS) is 10.5. The van der Waals surface area contributed by atoms with Gasteiger partial charge in [-0.25, -0.2) is 4.57 Å². The Morgan fingerprint density at radius 3 is 2.48 bits per heavy atom. The third-order valence-electron chi connectivity index (χ3n) is 3.50. The van der Waals surface area contributed by atoms with Crippen LogP contribution in [-0.2, 0) is 6.42 Å². The zero-order valence-electron chi connectivity index (χ0n) is 12.6. The van der Waals surface area contributed by atoms with E-state index in [1.165, 1.54) is 17.7 Å². The fourth-order valence-electron chi connectivity index (χ4n) is 2.39. The number of aryl methyl sites for hydroxylation is 1. The third kappa shape index (κ3) is 2.59. The lowest BCUT2D eigenvalue weighted by atomic mass is 10.1. The van der Waals surface area contributed by atoms with Crippen LogP contribution in [0.5, 0.6) is 17.4 Å². The summed E-state index contributed by atoms with van der Waals surface area (Å²) in [6.45, 7) is 3.74. The van der Waals surface area contributed by atoms with E-state index in [2.05, 4.69) is 0 Å². The molecule has 0 fully saturated rings. The van der Waals surface area contributed by atoms with Crippen molar-refractivity contribution in [2.24, 2.45) is 0 Å². The molecule has 1 N–H and O–H groups in total. The first kappa shape index (κ1) is 15.0. The summed E-state index contributed by atoms with van der Waals surface area (Å²) < 4.78 is 11.7. The van der Waals surface area contributed by atoms with Crippen molar-refractivity contribution in [3.63, 3.8) is 0 Å². The van der Waals surface area contributed by atoms with Crippen LogP contribution in [0.2, 0.25) is 0 Å². The van der Waals surface area contributed by atoms with Gasteiger partial charge in [-0.15, -0.1) is 0 Å². The van der Waals surface area contributed by atoms with Crippen LogP contribution >= 0.6 is 0 Å². The van der Waals surface area contributed by atoms with Crippen LogP contribution < -0.4 is 15.0 Å². The maximum absolute atomic E-state index is 12.3. The van der Waals surface area contributed by atoms with Crippen molar-refractivity contribution in [1.82, 2.24) is 4.57 Å². The van der Waals surface area contributed by atoms with Crippen molar-refractivity contribution in [1.29, 1.82) is 0 Å². The summed E-state index contributed by atoms with van der Waals surface area (Å²) in [7, 11) is 3.06. The fourth-order valence-corrected chi connectivity index (χ4v) is 2.39. The zero-order chi connectivity index (χ0) is 15.6. The molecule has 0 radical (unpaired) electrons. The molecule has 0 atom stereocenters. The lowest BCUT2D eigenvalue weighted by Gasteiger charge is -2.16. The van der Waals surface area contributed by atoms with Crippen LogP contribution in [0.3, 0.4) is 0 Å². The van der Waals surface area contributed by atoms with Gasteiger partial charge in [0.05, 0.1) is 19.9 Å². The van der Waals surface area contributed by atoms with Gasteiger partial charge in [-0.05, 0) is 31.0 Å². The Morgan fingerprint density at radius 1 is 1.19 bits per heavy atom. The maximum Gasteiger partial charge on any atom is 0.258 e. The van der Waals surface area contributed by atoms with Crippen LogP contribution in [-0.4, -0.2) is 23.9 Å². The van der Waals surface area contributed by atoms with Crippen molar-refractivity contribution in [2.75, 3.05) is 14.2 Å². The molecule has 21 heavy (non-hydrogen) atoms. The molecule has 5 heteroatoms. The minimum Gasteiger partial charge on any atom is -0.497 e. The van der Waals surface area contributed by atoms with Gasteiger partial charge in [0.2, 0.25) is 5.88 Å². The van der Waals surface area contributed by atoms with E-state index in [4.69, 9.17) is 9.47 Å². The largest absolute Gasteiger partial charge is 0.497 e. The number of pyridine rings is 1. The van der Waals surface area contributed by atoms with E-state index >= 15 is 0 Å². The molecule has 5 nitrogen and oxygen atoms in total. The molecular weight excluding hydrogens is 270 g/mol. The Labute approximate surface area is 123 Å². The monoisotopic (exact) mass is 289 g/mol. The van der Waals surface area contributed by atoms with E-state index in [-0.39, 0.29) is 11.4 Å². The average Bonchev–Trinajstić information content (AvgIpc) is 2.47. The van der Waals surface area contributed by atoms with Crippen LogP contribution in [0.1, 0.15) is 18.1 Å². The molecule has 0 spiro atoms. The molecule has 112 valence electrons. The second-order valence-corrected chi connectivity index (χ2v) is 4.69. The lowest BCUT2D eigenvalue weighted by molar-refractivity contribution is 0.393. The highest BCUT2D eigenvalue weighted by atomic mass is 16.5. The number of rotatable bonds is 4. The lowest BCUT2D eigenvalue weighted by Crippen LogP contribution is -2.20. The van der Waals surface area contributed by atoms with Gasteiger partial charge >= 0.3 is 0 Å². The van der Waals surface area contributed by atoms with Crippen molar-refractivity contribution in [2.45, 2.75) is 20.3 Å². The fraction of sp³-hybridized carbons (Fsp3) is 0.312. The van der Waals surface area contributed by atoms with Crippen LogP contribution in [0.4, 0.5) is 0 Å².